The van der Waals surface area contributed by atoms with E-state index >= 15 is 0 Å². The molecule has 3 nitrogen and oxygen atoms in total. The molecule has 1 atom stereocenters. The van der Waals surface area contributed by atoms with Crippen molar-refractivity contribution >= 4 is 0 Å². The van der Waals surface area contributed by atoms with Crippen LogP contribution in [0.3, 0.4) is 0 Å². The SMILES string of the molecule is CNCC(COCC1CC1)Cc1cccc(OC)c1. The maximum absolute atomic E-state index is 5.83. The molecule has 1 unspecified atom stereocenters. The van der Waals surface area contributed by atoms with Crippen LogP contribution in [-0.2, 0) is 11.2 Å². The van der Waals surface area contributed by atoms with E-state index in [4.69, 9.17) is 9.47 Å². The van der Waals surface area contributed by atoms with Gasteiger partial charge in [-0.25, -0.2) is 0 Å². The van der Waals surface area contributed by atoms with Crippen LogP contribution in [0.1, 0.15) is 18.4 Å². The Labute approximate surface area is 116 Å². The molecule has 0 aromatic heterocycles. The minimum atomic E-state index is 0.524. The fourth-order valence-electron chi connectivity index (χ4n) is 2.30. The van der Waals surface area contributed by atoms with Crippen LogP contribution in [0.2, 0.25) is 0 Å². The second kappa shape index (κ2) is 7.51. The lowest BCUT2D eigenvalue weighted by Crippen LogP contribution is -2.25. The molecule has 1 saturated carbocycles. The van der Waals surface area contributed by atoms with Crippen LogP contribution >= 0.6 is 0 Å². The van der Waals surface area contributed by atoms with Crippen LogP contribution in [-0.4, -0.2) is 33.9 Å². The third-order valence-electron chi connectivity index (χ3n) is 3.56. The lowest BCUT2D eigenvalue weighted by Gasteiger charge is -2.17. The van der Waals surface area contributed by atoms with Crippen LogP contribution in [0.15, 0.2) is 24.3 Å². The molecule has 0 spiro atoms. The summed E-state index contributed by atoms with van der Waals surface area (Å²) in [6.07, 6.45) is 3.74. The zero-order valence-corrected chi connectivity index (χ0v) is 12.0. The molecule has 1 aliphatic carbocycles. The monoisotopic (exact) mass is 263 g/mol. The third kappa shape index (κ3) is 5.21. The molecule has 0 amide bonds. The van der Waals surface area contributed by atoms with Gasteiger partial charge in [-0.15, -0.1) is 0 Å². The van der Waals surface area contributed by atoms with Crippen molar-refractivity contribution in [2.24, 2.45) is 11.8 Å². The highest BCUT2D eigenvalue weighted by molar-refractivity contribution is 5.28. The molecule has 1 fully saturated rings. The number of hydrogen-bond acceptors (Lipinski definition) is 3. The van der Waals surface area contributed by atoms with Crippen LogP contribution in [0.5, 0.6) is 5.75 Å². The Morgan fingerprint density at radius 1 is 1.37 bits per heavy atom. The summed E-state index contributed by atoms with van der Waals surface area (Å²) < 4.78 is 11.1. The van der Waals surface area contributed by atoms with E-state index < -0.39 is 0 Å². The summed E-state index contributed by atoms with van der Waals surface area (Å²) in [4.78, 5) is 0. The number of benzene rings is 1. The molecule has 1 aliphatic rings. The Bertz CT molecular complexity index is 377. The number of rotatable bonds is 9. The third-order valence-corrected chi connectivity index (χ3v) is 3.56. The van der Waals surface area contributed by atoms with Gasteiger partial charge in [0.1, 0.15) is 5.75 Å². The van der Waals surface area contributed by atoms with Crippen molar-refractivity contribution in [2.45, 2.75) is 19.3 Å². The summed E-state index contributed by atoms with van der Waals surface area (Å²) >= 11 is 0. The Morgan fingerprint density at radius 3 is 2.89 bits per heavy atom. The average Bonchev–Trinajstić information content (AvgIpc) is 3.23. The van der Waals surface area contributed by atoms with E-state index in [9.17, 15) is 0 Å². The van der Waals surface area contributed by atoms with Gasteiger partial charge in [-0.1, -0.05) is 12.1 Å². The van der Waals surface area contributed by atoms with E-state index in [2.05, 4.69) is 23.5 Å². The highest BCUT2D eigenvalue weighted by Gasteiger charge is 2.21. The number of hydrogen-bond donors (Lipinski definition) is 1. The fraction of sp³-hybridized carbons (Fsp3) is 0.625. The van der Waals surface area contributed by atoms with E-state index in [-0.39, 0.29) is 0 Å². The predicted molar refractivity (Wildman–Crippen MR) is 77.7 cm³/mol. The van der Waals surface area contributed by atoms with Crippen molar-refractivity contribution in [2.75, 3.05) is 33.9 Å². The molecule has 1 aromatic rings. The Morgan fingerprint density at radius 2 is 2.21 bits per heavy atom. The van der Waals surface area contributed by atoms with Crippen LogP contribution in [0.25, 0.3) is 0 Å². The van der Waals surface area contributed by atoms with Gasteiger partial charge in [0.25, 0.3) is 0 Å². The molecule has 0 radical (unpaired) electrons. The van der Waals surface area contributed by atoms with Gasteiger partial charge in [0.2, 0.25) is 0 Å². The summed E-state index contributed by atoms with van der Waals surface area (Å²) in [5, 5.41) is 3.26. The van der Waals surface area contributed by atoms with Gasteiger partial charge < -0.3 is 14.8 Å². The van der Waals surface area contributed by atoms with Gasteiger partial charge in [0, 0.05) is 13.2 Å². The summed E-state index contributed by atoms with van der Waals surface area (Å²) in [6.45, 7) is 2.77. The molecular weight excluding hydrogens is 238 g/mol. The van der Waals surface area contributed by atoms with Gasteiger partial charge in [-0.3, -0.25) is 0 Å². The molecule has 19 heavy (non-hydrogen) atoms. The van der Waals surface area contributed by atoms with E-state index in [1.807, 2.05) is 13.1 Å². The first-order valence-electron chi connectivity index (χ1n) is 7.17. The highest BCUT2D eigenvalue weighted by atomic mass is 16.5. The highest BCUT2D eigenvalue weighted by Crippen LogP contribution is 2.29. The molecule has 1 N–H and O–H groups in total. The summed E-state index contributed by atoms with van der Waals surface area (Å²) in [5.74, 6) is 2.29. The molecular formula is C16H25NO2. The Balaban J connectivity index is 1.82. The van der Waals surface area contributed by atoms with Crippen LogP contribution in [0.4, 0.5) is 0 Å². The van der Waals surface area contributed by atoms with Crippen molar-refractivity contribution in [1.29, 1.82) is 0 Å². The molecule has 1 aromatic carbocycles. The Hall–Kier alpha value is -1.06. The number of ether oxygens (including phenoxy) is 2. The lowest BCUT2D eigenvalue weighted by molar-refractivity contribution is 0.0913. The maximum Gasteiger partial charge on any atom is 0.119 e. The smallest absolute Gasteiger partial charge is 0.119 e. The fourth-order valence-corrected chi connectivity index (χ4v) is 2.30. The van der Waals surface area contributed by atoms with E-state index in [1.165, 1.54) is 18.4 Å². The van der Waals surface area contributed by atoms with Gasteiger partial charge in [-0.05, 0) is 55.8 Å². The average molecular weight is 263 g/mol. The lowest BCUT2D eigenvalue weighted by atomic mass is 10.00. The van der Waals surface area contributed by atoms with Gasteiger partial charge in [0.15, 0.2) is 0 Å². The molecule has 2 rings (SSSR count). The van der Waals surface area contributed by atoms with Crippen molar-refractivity contribution in [1.82, 2.24) is 5.32 Å². The minimum Gasteiger partial charge on any atom is -0.497 e. The van der Waals surface area contributed by atoms with Crippen molar-refractivity contribution < 1.29 is 9.47 Å². The van der Waals surface area contributed by atoms with Gasteiger partial charge in [0.05, 0.1) is 13.7 Å². The molecule has 3 heteroatoms. The molecule has 0 bridgehead atoms. The largest absolute Gasteiger partial charge is 0.497 e. The summed E-state index contributed by atoms with van der Waals surface area (Å²) in [6, 6.07) is 8.31. The zero-order valence-electron chi connectivity index (χ0n) is 12.0. The van der Waals surface area contributed by atoms with Crippen molar-refractivity contribution in [3.63, 3.8) is 0 Å². The topological polar surface area (TPSA) is 30.5 Å². The summed E-state index contributed by atoms with van der Waals surface area (Å²) in [7, 11) is 3.71. The molecule has 0 aliphatic heterocycles. The standard InChI is InChI=1S/C16H25NO2/c1-17-10-15(12-19-11-13-6-7-13)8-14-4-3-5-16(9-14)18-2/h3-5,9,13,15,17H,6-8,10-12H2,1-2H3. The number of nitrogens with one attached hydrogen (secondary N) is 1. The Kier molecular flexibility index (Phi) is 5.67. The second-order valence-electron chi connectivity index (χ2n) is 5.46. The quantitative estimate of drug-likeness (QED) is 0.742. The van der Waals surface area contributed by atoms with Crippen molar-refractivity contribution in [3.05, 3.63) is 29.8 Å². The first-order chi connectivity index (χ1) is 9.31. The van der Waals surface area contributed by atoms with Crippen LogP contribution in [0, 0.1) is 11.8 Å². The van der Waals surface area contributed by atoms with Crippen LogP contribution < -0.4 is 10.1 Å². The first-order valence-corrected chi connectivity index (χ1v) is 7.17. The predicted octanol–water partition coefficient (Wildman–Crippen LogP) is 2.50. The van der Waals surface area contributed by atoms with E-state index in [1.54, 1.807) is 7.11 Å². The molecule has 0 heterocycles. The molecule has 106 valence electrons. The van der Waals surface area contributed by atoms with E-state index in [0.29, 0.717) is 5.92 Å². The normalized spacial score (nSPS) is 16.3. The second-order valence-corrected chi connectivity index (χ2v) is 5.46. The van der Waals surface area contributed by atoms with E-state index in [0.717, 1.165) is 37.8 Å². The maximum atomic E-state index is 5.83. The molecule has 0 saturated heterocycles. The minimum absolute atomic E-state index is 0.524. The summed E-state index contributed by atoms with van der Waals surface area (Å²) in [5.41, 5.74) is 1.31. The van der Waals surface area contributed by atoms with Gasteiger partial charge >= 0.3 is 0 Å². The number of methoxy groups -OCH3 is 1. The van der Waals surface area contributed by atoms with Gasteiger partial charge in [-0.2, -0.15) is 0 Å². The zero-order chi connectivity index (χ0) is 13.5. The first kappa shape index (κ1) is 14.4. The van der Waals surface area contributed by atoms with Crippen molar-refractivity contribution in [3.8, 4) is 5.75 Å².